The lowest BCUT2D eigenvalue weighted by Gasteiger charge is -2.11. The van der Waals surface area contributed by atoms with Gasteiger partial charge < -0.3 is 10.2 Å². The lowest BCUT2D eigenvalue weighted by molar-refractivity contribution is 0.448. The largest absolute Gasteiger partial charge is 0.464 e. The lowest BCUT2D eigenvalue weighted by Crippen LogP contribution is -2.13. The van der Waals surface area contributed by atoms with Crippen molar-refractivity contribution in [2.45, 2.75) is 19.4 Å². The van der Waals surface area contributed by atoms with E-state index in [-0.39, 0.29) is 0 Å². The van der Waals surface area contributed by atoms with Crippen LogP contribution in [0.4, 0.5) is 4.39 Å². The molecule has 0 saturated carbocycles. The molecule has 96 valence electrons. The molecule has 5 heteroatoms. The highest BCUT2D eigenvalue weighted by Crippen LogP contribution is 2.31. The third-order valence-corrected chi connectivity index (χ3v) is 3.91. The Balaban J connectivity index is 2.39. The first-order valence-corrected chi connectivity index (χ1v) is 6.68. The van der Waals surface area contributed by atoms with E-state index in [2.05, 4.69) is 15.9 Å². The molecule has 0 fully saturated rings. The van der Waals surface area contributed by atoms with Crippen molar-refractivity contribution in [2.24, 2.45) is 5.73 Å². The highest BCUT2D eigenvalue weighted by Gasteiger charge is 2.18. The van der Waals surface area contributed by atoms with Crippen LogP contribution in [0, 0.1) is 5.82 Å². The van der Waals surface area contributed by atoms with Crippen LogP contribution in [-0.4, -0.2) is 0 Å². The van der Waals surface area contributed by atoms with Gasteiger partial charge in [-0.25, -0.2) is 4.39 Å². The minimum absolute atomic E-state index is 0.320. The molecule has 0 aliphatic rings. The second kappa shape index (κ2) is 5.43. The molecule has 0 saturated heterocycles. The molecule has 2 aromatic rings. The van der Waals surface area contributed by atoms with E-state index in [9.17, 15) is 4.39 Å². The van der Waals surface area contributed by atoms with Crippen molar-refractivity contribution in [3.63, 3.8) is 0 Å². The predicted molar refractivity (Wildman–Crippen MR) is 73.2 cm³/mol. The van der Waals surface area contributed by atoms with Crippen LogP contribution < -0.4 is 5.73 Å². The number of halogens is 3. The Bertz CT molecular complexity index is 570. The van der Waals surface area contributed by atoms with E-state index in [1.807, 2.05) is 13.0 Å². The van der Waals surface area contributed by atoms with Crippen molar-refractivity contribution >= 4 is 27.5 Å². The molecule has 1 aromatic carbocycles. The van der Waals surface area contributed by atoms with Gasteiger partial charge in [0.25, 0.3) is 0 Å². The summed E-state index contributed by atoms with van der Waals surface area (Å²) in [5, 5.41) is 0.420. The molecule has 1 aromatic heterocycles. The Morgan fingerprint density at radius 3 is 2.78 bits per heavy atom. The number of rotatable bonds is 3. The quantitative estimate of drug-likeness (QED) is 0.844. The zero-order valence-corrected chi connectivity index (χ0v) is 12.1. The van der Waals surface area contributed by atoms with Crippen molar-refractivity contribution in [1.29, 1.82) is 0 Å². The smallest absolute Gasteiger partial charge is 0.129 e. The maximum Gasteiger partial charge on any atom is 0.129 e. The minimum Gasteiger partial charge on any atom is -0.464 e. The summed E-state index contributed by atoms with van der Waals surface area (Å²) in [5.41, 5.74) is 6.32. The Kier molecular flexibility index (Phi) is 4.10. The van der Waals surface area contributed by atoms with Gasteiger partial charge in [-0.1, -0.05) is 18.5 Å². The summed E-state index contributed by atoms with van der Waals surface area (Å²) in [6, 6.07) is 5.77. The molecule has 1 heterocycles. The zero-order valence-electron chi connectivity index (χ0n) is 9.71. The summed E-state index contributed by atoms with van der Waals surface area (Å²) >= 11 is 9.11. The number of nitrogens with two attached hydrogens (primary N) is 1. The van der Waals surface area contributed by atoms with Crippen molar-refractivity contribution in [3.05, 3.63) is 56.7 Å². The maximum absolute atomic E-state index is 13.8. The monoisotopic (exact) mass is 331 g/mol. The Labute approximate surface area is 118 Å². The van der Waals surface area contributed by atoms with Crippen LogP contribution in [0.2, 0.25) is 5.02 Å². The maximum atomic E-state index is 13.8. The van der Waals surface area contributed by atoms with E-state index in [4.69, 9.17) is 21.8 Å². The second-order valence-corrected chi connectivity index (χ2v) is 5.18. The molecule has 2 rings (SSSR count). The zero-order chi connectivity index (χ0) is 13.3. The fourth-order valence-electron chi connectivity index (χ4n) is 1.68. The number of hydrogen-bond donors (Lipinski definition) is 1. The summed E-state index contributed by atoms with van der Waals surface area (Å²) < 4.78 is 19.9. The van der Waals surface area contributed by atoms with Crippen LogP contribution in [0.3, 0.4) is 0 Å². The normalized spacial score (nSPS) is 12.7. The summed E-state index contributed by atoms with van der Waals surface area (Å²) in [5.74, 6) is 0.946. The molecule has 18 heavy (non-hydrogen) atoms. The van der Waals surface area contributed by atoms with Gasteiger partial charge in [0.1, 0.15) is 17.3 Å². The Morgan fingerprint density at radius 2 is 2.17 bits per heavy atom. The fourth-order valence-corrected chi connectivity index (χ4v) is 2.17. The highest BCUT2D eigenvalue weighted by molar-refractivity contribution is 9.10. The van der Waals surface area contributed by atoms with Gasteiger partial charge in [0.2, 0.25) is 0 Å². The molecular formula is C13H12BrClFNO. The van der Waals surface area contributed by atoms with Gasteiger partial charge in [0.15, 0.2) is 0 Å². The molecule has 0 aliphatic carbocycles. The van der Waals surface area contributed by atoms with Crippen molar-refractivity contribution in [1.82, 2.24) is 0 Å². The molecule has 0 aliphatic heterocycles. The molecular weight excluding hydrogens is 321 g/mol. The van der Waals surface area contributed by atoms with Crippen LogP contribution in [0.5, 0.6) is 0 Å². The third-order valence-electron chi connectivity index (χ3n) is 2.71. The third kappa shape index (κ3) is 2.60. The lowest BCUT2D eigenvalue weighted by atomic mass is 10.1. The molecule has 2 N–H and O–H groups in total. The van der Waals surface area contributed by atoms with Crippen molar-refractivity contribution in [2.75, 3.05) is 0 Å². The topological polar surface area (TPSA) is 39.2 Å². The predicted octanol–water partition coefficient (Wildman–Crippen LogP) is 4.45. The second-order valence-electron chi connectivity index (χ2n) is 3.92. The molecule has 1 atom stereocenters. The summed E-state index contributed by atoms with van der Waals surface area (Å²) in [7, 11) is 0. The molecule has 0 radical (unpaired) electrons. The van der Waals surface area contributed by atoms with E-state index in [1.54, 1.807) is 6.07 Å². The minimum atomic E-state index is -0.657. The molecule has 1 unspecified atom stereocenters. The summed E-state index contributed by atoms with van der Waals surface area (Å²) in [6.07, 6.45) is 0.774. The van der Waals surface area contributed by atoms with E-state index in [0.29, 0.717) is 20.8 Å². The fraction of sp³-hybridized carbons (Fsp3) is 0.231. The average molecular weight is 333 g/mol. The first-order valence-electron chi connectivity index (χ1n) is 5.51. The van der Waals surface area contributed by atoms with E-state index < -0.39 is 11.9 Å². The number of furan rings is 1. The van der Waals surface area contributed by atoms with Gasteiger partial charge in [0.05, 0.1) is 11.1 Å². The molecule has 0 amide bonds. The number of benzene rings is 1. The van der Waals surface area contributed by atoms with Crippen LogP contribution in [0.15, 0.2) is 33.2 Å². The SMILES string of the molecule is CCc1ccc(C(N)c2cc(Cl)c(Br)cc2F)o1. The first kappa shape index (κ1) is 13.6. The summed E-state index contributed by atoms with van der Waals surface area (Å²) in [4.78, 5) is 0. The van der Waals surface area contributed by atoms with E-state index in [1.165, 1.54) is 12.1 Å². The highest BCUT2D eigenvalue weighted by atomic mass is 79.9. The Morgan fingerprint density at radius 1 is 1.44 bits per heavy atom. The molecule has 2 nitrogen and oxygen atoms in total. The van der Waals surface area contributed by atoms with Crippen LogP contribution >= 0.6 is 27.5 Å². The van der Waals surface area contributed by atoms with Gasteiger partial charge >= 0.3 is 0 Å². The van der Waals surface area contributed by atoms with Crippen LogP contribution in [0.25, 0.3) is 0 Å². The first-order chi connectivity index (χ1) is 8.52. The summed E-state index contributed by atoms with van der Waals surface area (Å²) in [6.45, 7) is 1.98. The Hall–Kier alpha value is -0.840. The standard InChI is InChI=1S/C13H12BrClFNO/c1-2-7-3-4-12(18-7)13(17)8-5-10(15)9(14)6-11(8)16/h3-6,13H,2,17H2,1H3. The van der Waals surface area contributed by atoms with Crippen molar-refractivity contribution in [3.8, 4) is 0 Å². The van der Waals surface area contributed by atoms with Gasteiger partial charge in [-0.15, -0.1) is 0 Å². The molecule has 0 spiro atoms. The van der Waals surface area contributed by atoms with Gasteiger partial charge in [-0.05, 0) is 40.2 Å². The van der Waals surface area contributed by atoms with E-state index in [0.717, 1.165) is 12.2 Å². The van der Waals surface area contributed by atoms with Gasteiger partial charge in [-0.3, -0.25) is 0 Å². The molecule has 0 bridgehead atoms. The van der Waals surface area contributed by atoms with Crippen molar-refractivity contribution < 1.29 is 8.81 Å². The van der Waals surface area contributed by atoms with Gasteiger partial charge in [-0.2, -0.15) is 0 Å². The van der Waals surface area contributed by atoms with Gasteiger partial charge in [0, 0.05) is 16.5 Å². The number of hydrogen-bond acceptors (Lipinski definition) is 2. The van der Waals surface area contributed by atoms with Crippen LogP contribution in [0.1, 0.15) is 30.0 Å². The average Bonchev–Trinajstić information content (AvgIpc) is 2.81. The van der Waals surface area contributed by atoms with Crippen LogP contribution in [-0.2, 0) is 6.42 Å². The van der Waals surface area contributed by atoms with E-state index >= 15 is 0 Å². The number of aryl methyl sites for hydroxylation is 1.